The Kier molecular flexibility index (Phi) is 4.31. The van der Waals surface area contributed by atoms with Gasteiger partial charge in [0.05, 0.1) is 11.4 Å². The molecular formula is C20H24N2O2. The van der Waals surface area contributed by atoms with Crippen molar-refractivity contribution in [2.75, 3.05) is 0 Å². The number of hydrogen-bond acceptors (Lipinski definition) is 2. The number of rotatable bonds is 4. The van der Waals surface area contributed by atoms with E-state index in [9.17, 15) is 9.59 Å². The molecule has 2 heterocycles. The fraction of sp³-hybridized carbons (Fsp3) is 0.400. The molecule has 1 aliphatic carbocycles. The van der Waals surface area contributed by atoms with Gasteiger partial charge < -0.3 is 9.97 Å². The fourth-order valence-electron chi connectivity index (χ4n) is 3.73. The van der Waals surface area contributed by atoms with E-state index in [4.69, 9.17) is 0 Å². The Labute approximate surface area is 142 Å². The number of allylic oxidation sites excluding steroid dienone is 2. The number of carbonyl (C=O) groups excluding carboxylic acids is 2. The highest BCUT2D eigenvalue weighted by Crippen LogP contribution is 2.38. The molecule has 0 spiro atoms. The lowest BCUT2D eigenvalue weighted by Crippen LogP contribution is -2.06. The molecular weight excluding hydrogens is 300 g/mol. The van der Waals surface area contributed by atoms with Crippen LogP contribution in [0.15, 0.2) is 6.08 Å². The molecule has 3 rings (SSSR count). The maximum atomic E-state index is 11.2. The highest BCUT2D eigenvalue weighted by molar-refractivity contribution is 5.80. The first-order chi connectivity index (χ1) is 11.5. The Bertz CT molecular complexity index is 836. The van der Waals surface area contributed by atoms with Crippen LogP contribution in [-0.2, 0) is 0 Å². The van der Waals surface area contributed by atoms with E-state index >= 15 is 0 Å². The van der Waals surface area contributed by atoms with Crippen LogP contribution in [0.5, 0.6) is 0 Å². The quantitative estimate of drug-likeness (QED) is 0.810. The van der Waals surface area contributed by atoms with E-state index in [0.717, 1.165) is 59.9 Å². The Balaban J connectivity index is 2.03. The minimum absolute atomic E-state index is 0.281. The Hall–Kier alpha value is -2.36. The van der Waals surface area contributed by atoms with Crippen LogP contribution in [-0.4, -0.2) is 22.5 Å². The molecule has 24 heavy (non-hydrogen) atoms. The van der Waals surface area contributed by atoms with E-state index in [2.05, 4.69) is 29.9 Å². The molecule has 0 unspecified atom stereocenters. The maximum absolute atomic E-state index is 11.2. The predicted octanol–water partition coefficient (Wildman–Crippen LogP) is 4.55. The lowest BCUT2D eigenvalue weighted by Gasteiger charge is -2.21. The smallest absolute Gasteiger partial charge is 0.166 e. The van der Waals surface area contributed by atoms with Crippen LogP contribution < -0.4 is 0 Å². The van der Waals surface area contributed by atoms with Gasteiger partial charge in [0.2, 0.25) is 0 Å². The number of aromatic amines is 2. The molecule has 0 radical (unpaired) electrons. The standard InChI is InChI=1S/C20H24N2O2/c1-11-13(3)19(21-17(11)9-23)15-6-5-7-16(8-15)20-14(4)12(2)18(10-24)22-20/h8-10,15,21-22H,5-7H2,1-4H3/t15-/m0/s1. The summed E-state index contributed by atoms with van der Waals surface area (Å²) in [5, 5.41) is 0. The first-order valence-electron chi connectivity index (χ1n) is 8.47. The van der Waals surface area contributed by atoms with Gasteiger partial charge in [-0.3, -0.25) is 9.59 Å². The van der Waals surface area contributed by atoms with Gasteiger partial charge in [-0.1, -0.05) is 6.08 Å². The third kappa shape index (κ3) is 2.56. The van der Waals surface area contributed by atoms with Crippen molar-refractivity contribution in [1.29, 1.82) is 0 Å². The van der Waals surface area contributed by atoms with Crippen molar-refractivity contribution in [3.63, 3.8) is 0 Å². The van der Waals surface area contributed by atoms with E-state index in [0.29, 0.717) is 11.4 Å². The van der Waals surface area contributed by atoms with Crippen LogP contribution in [0.2, 0.25) is 0 Å². The van der Waals surface area contributed by atoms with Gasteiger partial charge in [0.15, 0.2) is 12.6 Å². The van der Waals surface area contributed by atoms with Crippen LogP contribution in [0.1, 0.15) is 79.8 Å². The summed E-state index contributed by atoms with van der Waals surface area (Å²) in [5.41, 5.74) is 9.22. The zero-order valence-electron chi connectivity index (χ0n) is 14.7. The number of H-pyrrole nitrogens is 2. The van der Waals surface area contributed by atoms with Gasteiger partial charge >= 0.3 is 0 Å². The highest BCUT2D eigenvalue weighted by atomic mass is 16.1. The summed E-state index contributed by atoms with van der Waals surface area (Å²) in [7, 11) is 0. The SMILES string of the molecule is Cc1c(C=O)[nH]c(C2=C[C@@H](c3[nH]c(C=O)c(C)c3C)CCC2)c1C. The third-order valence-corrected chi connectivity index (χ3v) is 5.53. The lowest BCUT2D eigenvalue weighted by molar-refractivity contribution is 0.111. The molecule has 0 aliphatic heterocycles. The van der Waals surface area contributed by atoms with Crippen LogP contribution in [0.4, 0.5) is 0 Å². The van der Waals surface area contributed by atoms with E-state index in [1.54, 1.807) is 0 Å². The second kappa shape index (κ2) is 6.27. The molecule has 126 valence electrons. The van der Waals surface area contributed by atoms with Crippen LogP contribution in [0, 0.1) is 27.7 Å². The molecule has 1 atom stereocenters. The molecule has 0 saturated heterocycles. The summed E-state index contributed by atoms with van der Waals surface area (Å²) in [6, 6.07) is 0. The largest absolute Gasteiger partial charge is 0.355 e. The van der Waals surface area contributed by atoms with Crippen LogP contribution in [0.25, 0.3) is 5.57 Å². The topological polar surface area (TPSA) is 65.7 Å². The summed E-state index contributed by atoms with van der Waals surface area (Å²) >= 11 is 0. The Morgan fingerprint density at radius 3 is 2.12 bits per heavy atom. The van der Waals surface area contributed by atoms with Crippen molar-refractivity contribution in [1.82, 2.24) is 9.97 Å². The predicted molar refractivity (Wildman–Crippen MR) is 95.9 cm³/mol. The van der Waals surface area contributed by atoms with Gasteiger partial charge in [-0.05, 0) is 74.8 Å². The molecule has 0 amide bonds. The fourth-order valence-corrected chi connectivity index (χ4v) is 3.73. The van der Waals surface area contributed by atoms with Crippen LogP contribution >= 0.6 is 0 Å². The number of aromatic nitrogens is 2. The van der Waals surface area contributed by atoms with Gasteiger partial charge in [-0.15, -0.1) is 0 Å². The lowest BCUT2D eigenvalue weighted by atomic mass is 9.85. The normalized spacial score (nSPS) is 17.7. The van der Waals surface area contributed by atoms with Crippen molar-refractivity contribution in [3.8, 4) is 0 Å². The van der Waals surface area contributed by atoms with Crippen molar-refractivity contribution in [2.24, 2.45) is 0 Å². The molecule has 0 fully saturated rings. The Morgan fingerprint density at radius 1 is 0.917 bits per heavy atom. The summed E-state index contributed by atoms with van der Waals surface area (Å²) < 4.78 is 0. The van der Waals surface area contributed by atoms with Gasteiger partial charge in [-0.2, -0.15) is 0 Å². The van der Waals surface area contributed by atoms with Crippen molar-refractivity contribution in [3.05, 3.63) is 51.1 Å². The molecule has 0 bridgehead atoms. The molecule has 2 aromatic rings. The summed E-state index contributed by atoms with van der Waals surface area (Å²) in [4.78, 5) is 29.0. The van der Waals surface area contributed by atoms with Crippen LogP contribution in [0.3, 0.4) is 0 Å². The number of hydrogen-bond donors (Lipinski definition) is 2. The van der Waals surface area contributed by atoms with Crippen molar-refractivity contribution in [2.45, 2.75) is 52.9 Å². The molecule has 0 saturated carbocycles. The van der Waals surface area contributed by atoms with Gasteiger partial charge in [0, 0.05) is 17.3 Å². The molecule has 2 N–H and O–H groups in total. The summed E-state index contributed by atoms with van der Waals surface area (Å²) in [6.45, 7) is 8.11. The zero-order valence-corrected chi connectivity index (χ0v) is 14.7. The molecule has 4 heteroatoms. The first kappa shape index (κ1) is 16.5. The first-order valence-corrected chi connectivity index (χ1v) is 8.47. The van der Waals surface area contributed by atoms with Gasteiger partial charge in [-0.25, -0.2) is 0 Å². The average molecular weight is 324 g/mol. The zero-order chi connectivity index (χ0) is 17.4. The summed E-state index contributed by atoms with van der Waals surface area (Å²) in [5.74, 6) is 0.281. The Morgan fingerprint density at radius 2 is 1.54 bits per heavy atom. The second-order valence-corrected chi connectivity index (χ2v) is 6.79. The van der Waals surface area contributed by atoms with E-state index in [1.165, 1.54) is 11.1 Å². The minimum Gasteiger partial charge on any atom is -0.355 e. The second-order valence-electron chi connectivity index (χ2n) is 6.79. The van der Waals surface area contributed by atoms with Crippen molar-refractivity contribution >= 4 is 18.1 Å². The highest BCUT2D eigenvalue weighted by Gasteiger charge is 2.23. The third-order valence-electron chi connectivity index (χ3n) is 5.53. The van der Waals surface area contributed by atoms with E-state index < -0.39 is 0 Å². The molecule has 0 aromatic carbocycles. The number of nitrogens with one attached hydrogen (secondary N) is 2. The molecule has 1 aliphatic rings. The van der Waals surface area contributed by atoms with Crippen molar-refractivity contribution < 1.29 is 9.59 Å². The van der Waals surface area contributed by atoms with E-state index in [-0.39, 0.29) is 5.92 Å². The average Bonchev–Trinajstić information content (AvgIpc) is 3.05. The van der Waals surface area contributed by atoms with E-state index in [1.807, 2.05) is 13.8 Å². The minimum atomic E-state index is 0.281. The molecule has 2 aromatic heterocycles. The molecule has 4 nitrogen and oxygen atoms in total. The van der Waals surface area contributed by atoms with Gasteiger partial charge in [0.25, 0.3) is 0 Å². The monoisotopic (exact) mass is 324 g/mol. The summed E-state index contributed by atoms with van der Waals surface area (Å²) in [6.07, 6.45) is 7.26. The number of aldehydes is 2. The maximum Gasteiger partial charge on any atom is 0.166 e. The number of carbonyl (C=O) groups is 2. The van der Waals surface area contributed by atoms with Gasteiger partial charge in [0.1, 0.15) is 0 Å².